The summed E-state index contributed by atoms with van der Waals surface area (Å²) in [6, 6.07) is 9.62. The second kappa shape index (κ2) is 5.97. The van der Waals surface area contributed by atoms with Gasteiger partial charge in [0.05, 0.1) is 10.6 Å². The standard InChI is InChI=1S/C15H6ClF3N2O/c16-13-3-1-10(6-12(13)15(17,18)19)14-4-2-11(22-14)5-9(7-20)8-21/h1-6H. The Labute approximate surface area is 128 Å². The van der Waals surface area contributed by atoms with Gasteiger partial charge < -0.3 is 4.42 Å². The Morgan fingerprint density at radius 3 is 2.41 bits per heavy atom. The van der Waals surface area contributed by atoms with Gasteiger partial charge in [0, 0.05) is 11.6 Å². The highest BCUT2D eigenvalue weighted by Gasteiger charge is 2.33. The average Bonchev–Trinajstić information content (AvgIpc) is 2.92. The van der Waals surface area contributed by atoms with Gasteiger partial charge in [0.25, 0.3) is 0 Å². The Kier molecular flexibility index (Phi) is 4.25. The van der Waals surface area contributed by atoms with E-state index in [1.807, 2.05) is 0 Å². The molecule has 0 N–H and O–H groups in total. The van der Waals surface area contributed by atoms with Gasteiger partial charge in [-0.25, -0.2) is 0 Å². The summed E-state index contributed by atoms with van der Waals surface area (Å²) >= 11 is 5.55. The lowest BCUT2D eigenvalue weighted by Gasteiger charge is -2.09. The maximum Gasteiger partial charge on any atom is 0.417 e. The summed E-state index contributed by atoms with van der Waals surface area (Å²) in [5.74, 6) is 0.361. The molecule has 0 aliphatic heterocycles. The molecular weight excluding hydrogens is 317 g/mol. The first-order valence-electron chi connectivity index (χ1n) is 5.84. The van der Waals surface area contributed by atoms with Crippen LogP contribution in [0.15, 0.2) is 40.3 Å². The van der Waals surface area contributed by atoms with Crippen molar-refractivity contribution in [2.45, 2.75) is 6.18 Å². The lowest BCUT2D eigenvalue weighted by atomic mass is 10.1. The number of nitrogens with zero attached hydrogens (tertiary/aromatic N) is 2. The summed E-state index contributed by atoms with van der Waals surface area (Å²) < 4.78 is 43.8. The first kappa shape index (κ1) is 15.7. The summed E-state index contributed by atoms with van der Waals surface area (Å²) in [6.45, 7) is 0. The number of allylic oxidation sites excluding steroid dienone is 1. The largest absolute Gasteiger partial charge is 0.457 e. The van der Waals surface area contributed by atoms with Crippen LogP contribution in [-0.4, -0.2) is 0 Å². The highest BCUT2D eigenvalue weighted by molar-refractivity contribution is 6.31. The van der Waals surface area contributed by atoms with Crippen molar-refractivity contribution < 1.29 is 17.6 Å². The minimum atomic E-state index is -4.57. The lowest BCUT2D eigenvalue weighted by molar-refractivity contribution is -0.137. The molecule has 2 rings (SSSR count). The van der Waals surface area contributed by atoms with Gasteiger partial charge >= 0.3 is 6.18 Å². The van der Waals surface area contributed by atoms with Crippen LogP contribution in [0.25, 0.3) is 17.4 Å². The molecule has 0 spiro atoms. The average molecular weight is 323 g/mol. The fourth-order valence-electron chi connectivity index (χ4n) is 1.71. The third-order valence-corrected chi connectivity index (χ3v) is 3.04. The molecule has 0 saturated heterocycles. The molecule has 22 heavy (non-hydrogen) atoms. The van der Waals surface area contributed by atoms with Crippen LogP contribution in [0.4, 0.5) is 13.2 Å². The number of alkyl halides is 3. The van der Waals surface area contributed by atoms with Crippen LogP contribution in [0.1, 0.15) is 11.3 Å². The number of nitriles is 2. The van der Waals surface area contributed by atoms with Crippen LogP contribution in [0.5, 0.6) is 0 Å². The molecule has 1 aromatic carbocycles. The zero-order valence-electron chi connectivity index (χ0n) is 10.8. The fourth-order valence-corrected chi connectivity index (χ4v) is 1.94. The van der Waals surface area contributed by atoms with Gasteiger partial charge in [-0.05, 0) is 30.3 Å². The van der Waals surface area contributed by atoms with E-state index in [1.54, 1.807) is 12.1 Å². The Morgan fingerprint density at radius 2 is 1.82 bits per heavy atom. The predicted molar refractivity (Wildman–Crippen MR) is 73.4 cm³/mol. The smallest absolute Gasteiger partial charge is 0.417 e. The van der Waals surface area contributed by atoms with Crippen molar-refractivity contribution in [2.24, 2.45) is 0 Å². The molecule has 0 bridgehead atoms. The summed E-state index contributed by atoms with van der Waals surface area (Å²) in [4.78, 5) is 0. The molecule has 7 heteroatoms. The van der Waals surface area contributed by atoms with Gasteiger partial charge in [-0.15, -0.1) is 0 Å². The first-order chi connectivity index (χ1) is 10.3. The van der Waals surface area contributed by atoms with Crippen LogP contribution >= 0.6 is 11.6 Å². The van der Waals surface area contributed by atoms with Crippen molar-refractivity contribution in [3.05, 3.63) is 52.3 Å². The van der Waals surface area contributed by atoms with Crippen LogP contribution in [0.3, 0.4) is 0 Å². The summed E-state index contributed by atoms with van der Waals surface area (Å²) in [7, 11) is 0. The van der Waals surface area contributed by atoms with Crippen LogP contribution in [0, 0.1) is 22.7 Å². The molecule has 2 aromatic rings. The Morgan fingerprint density at radius 1 is 1.14 bits per heavy atom. The Balaban J connectivity index is 2.43. The van der Waals surface area contributed by atoms with Crippen molar-refractivity contribution in [2.75, 3.05) is 0 Å². The highest BCUT2D eigenvalue weighted by atomic mass is 35.5. The molecule has 0 aliphatic carbocycles. The highest BCUT2D eigenvalue weighted by Crippen LogP contribution is 2.37. The summed E-state index contributed by atoms with van der Waals surface area (Å²) in [5.41, 5.74) is -0.949. The zero-order chi connectivity index (χ0) is 16.3. The third-order valence-electron chi connectivity index (χ3n) is 2.71. The monoisotopic (exact) mass is 322 g/mol. The van der Waals surface area contributed by atoms with E-state index < -0.39 is 16.8 Å². The molecule has 0 aliphatic rings. The molecular formula is C15H6ClF3N2O. The van der Waals surface area contributed by atoms with Gasteiger partial charge in [0.2, 0.25) is 0 Å². The second-order valence-electron chi connectivity index (χ2n) is 4.18. The van der Waals surface area contributed by atoms with E-state index in [-0.39, 0.29) is 22.7 Å². The van der Waals surface area contributed by atoms with E-state index >= 15 is 0 Å². The minimum Gasteiger partial charge on any atom is -0.457 e. The van der Waals surface area contributed by atoms with Crippen molar-refractivity contribution in [1.82, 2.24) is 0 Å². The van der Waals surface area contributed by atoms with Crippen LogP contribution in [0.2, 0.25) is 5.02 Å². The number of furan rings is 1. The van der Waals surface area contributed by atoms with Gasteiger partial charge in [0.15, 0.2) is 0 Å². The van der Waals surface area contributed by atoms with Crippen molar-refractivity contribution >= 4 is 17.7 Å². The van der Waals surface area contributed by atoms with E-state index in [2.05, 4.69) is 0 Å². The fraction of sp³-hybridized carbons (Fsp3) is 0.0667. The molecule has 0 fully saturated rings. The molecule has 0 radical (unpaired) electrons. The molecule has 110 valence electrons. The minimum absolute atomic E-state index is 0.170. The third kappa shape index (κ3) is 3.30. The van der Waals surface area contributed by atoms with E-state index in [0.717, 1.165) is 12.1 Å². The summed E-state index contributed by atoms with van der Waals surface area (Å²) in [5, 5.41) is 16.9. The molecule has 3 nitrogen and oxygen atoms in total. The Hall–Kier alpha value is -2.70. The van der Waals surface area contributed by atoms with Crippen LogP contribution < -0.4 is 0 Å². The van der Waals surface area contributed by atoms with Crippen molar-refractivity contribution in [1.29, 1.82) is 10.5 Å². The maximum absolute atomic E-state index is 12.8. The second-order valence-corrected chi connectivity index (χ2v) is 4.58. The normalized spacial score (nSPS) is 10.6. The van der Waals surface area contributed by atoms with Gasteiger partial charge in [-0.3, -0.25) is 0 Å². The summed E-state index contributed by atoms with van der Waals surface area (Å²) in [6.07, 6.45) is -3.37. The van der Waals surface area contributed by atoms with Crippen molar-refractivity contribution in [3.8, 4) is 23.5 Å². The van der Waals surface area contributed by atoms with E-state index in [4.69, 9.17) is 26.5 Å². The maximum atomic E-state index is 12.8. The number of hydrogen-bond acceptors (Lipinski definition) is 3. The van der Waals surface area contributed by atoms with Crippen LogP contribution in [-0.2, 0) is 6.18 Å². The predicted octanol–water partition coefficient (Wildman–Crippen LogP) is 5.05. The molecule has 0 saturated carbocycles. The zero-order valence-corrected chi connectivity index (χ0v) is 11.5. The van der Waals surface area contributed by atoms with E-state index in [0.29, 0.717) is 0 Å². The number of halogens is 4. The topological polar surface area (TPSA) is 60.7 Å². The number of benzene rings is 1. The molecule has 1 heterocycles. The molecule has 0 amide bonds. The first-order valence-corrected chi connectivity index (χ1v) is 6.22. The quantitative estimate of drug-likeness (QED) is 0.727. The number of rotatable bonds is 2. The van der Waals surface area contributed by atoms with Gasteiger partial charge in [-0.2, -0.15) is 23.7 Å². The lowest BCUT2D eigenvalue weighted by Crippen LogP contribution is -2.05. The molecule has 1 aromatic heterocycles. The van der Waals surface area contributed by atoms with Crippen molar-refractivity contribution in [3.63, 3.8) is 0 Å². The number of hydrogen-bond donors (Lipinski definition) is 0. The van der Waals surface area contributed by atoms with Gasteiger partial charge in [0.1, 0.15) is 29.2 Å². The van der Waals surface area contributed by atoms with E-state index in [1.165, 1.54) is 24.3 Å². The van der Waals surface area contributed by atoms with E-state index in [9.17, 15) is 13.2 Å². The Bertz CT molecular complexity index is 807. The SMILES string of the molecule is N#CC(C#N)=Cc1ccc(-c2ccc(Cl)c(C(F)(F)F)c2)o1. The van der Waals surface area contributed by atoms with Gasteiger partial charge in [-0.1, -0.05) is 11.6 Å². The molecule has 0 unspecified atom stereocenters. The molecule has 0 atom stereocenters.